The molecule has 2 bridgehead atoms. The summed E-state index contributed by atoms with van der Waals surface area (Å²) in [5.74, 6) is 3.56. The topological polar surface area (TPSA) is 82.7 Å². The van der Waals surface area contributed by atoms with E-state index in [2.05, 4.69) is 52.4 Å². The Morgan fingerprint density at radius 2 is 1.86 bits per heavy atom. The molecule has 2 aromatic heterocycles. The molecular formula is C36H46N4O3. The molecule has 1 amide bonds. The number of hydrogen-bond donors (Lipinski definition) is 1. The first-order valence-electron chi connectivity index (χ1n) is 16.6. The van der Waals surface area contributed by atoms with Crippen LogP contribution in [0.15, 0.2) is 53.3 Å². The molecule has 7 rings (SSSR count). The Kier molecular flexibility index (Phi) is 7.79. The number of aromatic nitrogens is 2. The van der Waals surface area contributed by atoms with Gasteiger partial charge in [0.15, 0.2) is 5.89 Å². The maximum absolute atomic E-state index is 14.3. The predicted molar refractivity (Wildman–Crippen MR) is 169 cm³/mol. The van der Waals surface area contributed by atoms with Gasteiger partial charge in [-0.05, 0) is 105 Å². The van der Waals surface area contributed by atoms with Gasteiger partial charge in [0.05, 0.1) is 6.10 Å². The minimum Gasteiger partial charge on any atom is -0.448 e. The molecule has 1 aromatic carbocycles. The first-order chi connectivity index (χ1) is 20.9. The highest BCUT2D eigenvalue weighted by molar-refractivity contribution is 5.95. The molecule has 0 spiro atoms. The lowest BCUT2D eigenvalue weighted by Crippen LogP contribution is -2.47. The maximum Gasteiger partial charge on any atom is 0.230 e. The summed E-state index contributed by atoms with van der Waals surface area (Å²) in [6.45, 7) is 0.756. The van der Waals surface area contributed by atoms with E-state index in [4.69, 9.17) is 14.4 Å². The van der Waals surface area contributed by atoms with Crippen LogP contribution in [0.1, 0.15) is 94.4 Å². The lowest BCUT2D eigenvalue weighted by Gasteiger charge is -2.50. The van der Waals surface area contributed by atoms with Gasteiger partial charge in [0.2, 0.25) is 5.91 Å². The maximum atomic E-state index is 14.3. The van der Waals surface area contributed by atoms with Crippen LogP contribution in [0, 0.1) is 17.8 Å². The highest BCUT2D eigenvalue weighted by Crippen LogP contribution is 2.53. The average molecular weight is 583 g/mol. The second-order valence-corrected chi connectivity index (χ2v) is 14.1. The summed E-state index contributed by atoms with van der Waals surface area (Å²) in [4.78, 5) is 28.0. The number of anilines is 2. The van der Waals surface area contributed by atoms with Crippen LogP contribution in [0.3, 0.4) is 0 Å². The summed E-state index contributed by atoms with van der Waals surface area (Å²) in [7, 11) is 4.08. The van der Waals surface area contributed by atoms with Gasteiger partial charge in [-0.2, -0.15) is 0 Å². The van der Waals surface area contributed by atoms with Gasteiger partial charge < -0.3 is 19.3 Å². The predicted octanol–water partition coefficient (Wildman–Crippen LogP) is 7.10. The number of fused-ring (bicyclic) bond motifs is 2. The van der Waals surface area contributed by atoms with E-state index >= 15 is 0 Å². The average Bonchev–Trinajstić information content (AvgIpc) is 3.77. The van der Waals surface area contributed by atoms with Gasteiger partial charge in [0.25, 0.3) is 0 Å². The van der Waals surface area contributed by atoms with E-state index in [-0.39, 0.29) is 23.3 Å². The molecule has 7 nitrogen and oxygen atoms in total. The third kappa shape index (κ3) is 5.85. The largest absolute Gasteiger partial charge is 0.448 e. The molecule has 2 heterocycles. The molecule has 4 fully saturated rings. The van der Waals surface area contributed by atoms with Crippen molar-refractivity contribution in [2.75, 3.05) is 30.4 Å². The number of carbonyl (C=O) groups is 1. The van der Waals surface area contributed by atoms with Gasteiger partial charge >= 0.3 is 0 Å². The van der Waals surface area contributed by atoms with Crippen molar-refractivity contribution in [3.63, 3.8) is 0 Å². The number of rotatable bonds is 8. The van der Waals surface area contributed by atoms with Crippen molar-refractivity contribution in [2.45, 2.75) is 94.5 Å². The zero-order valence-electron chi connectivity index (χ0n) is 25.8. The third-order valence-electron chi connectivity index (χ3n) is 11.0. The van der Waals surface area contributed by atoms with Crippen molar-refractivity contribution in [2.24, 2.45) is 17.8 Å². The normalized spacial score (nSPS) is 28.8. The minimum atomic E-state index is -0.274. The molecule has 7 heteroatoms. The first-order valence-corrected chi connectivity index (χ1v) is 16.6. The zero-order chi connectivity index (χ0) is 29.6. The van der Waals surface area contributed by atoms with Crippen molar-refractivity contribution in [1.82, 2.24) is 9.97 Å². The number of carbonyl (C=O) groups excluding carboxylic acids is 1. The Labute approximate surface area is 255 Å². The van der Waals surface area contributed by atoms with E-state index in [1.54, 1.807) is 6.26 Å². The summed E-state index contributed by atoms with van der Waals surface area (Å²) in [6, 6.07) is 12.8. The van der Waals surface area contributed by atoms with Gasteiger partial charge in [-0.25, -0.2) is 9.97 Å². The molecule has 4 aliphatic carbocycles. The molecule has 3 unspecified atom stereocenters. The number of benzene rings is 1. The third-order valence-corrected chi connectivity index (χ3v) is 11.0. The Balaban J connectivity index is 1.14. The summed E-state index contributed by atoms with van der Waals surface area (Å²) >= 11 is 0. The van der Waals surface area contributed by atoms with Gasteiger partial charge in [-0.15, -0.1) is 0 Å². The number of aliphatic hydroxyl groups excluding tert-OH is 1. The molecule has 0 aliphatic heterocycles. The standard InChI is InChI=1S/C36H46N4O3/c1-39(2)33-15-12-29(21-37-33)36-17-4-6-27(20-36)28(16-18-36)22-40(35(42)25-10-13-31(41)14-11-25)30-7-3-5-26(19-30)32-23-43-34(38-32)24-8-9-24/h3,5,7,12,15,19,21,23-25,27-28,31,41H,4,6,8-11,13-14,16-18,20,22H2,1-2H3. The van der Waals surface area contributed by atoms with E-state index in [0.717, 1.165) is 73.7 Å². The van der Waals surface area contributed by atoms with Crippen molar-refractivity contribution in [1.29, 1.82) is 0 Å². The molecule has 0 saturated heterocycles. The molecule has 4 saturated carbocycles. The molecule has 43 heavy (non-hydrogen) atoms. The van der Waals surface area contributed by atoms with Crippen molar-refractivity contribution < 1.29 is 14.3 Å². The van der Waals surface area contributed by atoms with Crippen LogP contribution >= 0.6 is 0 Å². The highest BCUT2D eigenvalue weighted by atomic mass is 16.3. The van der Waals surface area contributed by atoms with Crippen LogP contribution in [0.5, 0.6) is 0 Å². The molecular weight excluding hydrogens is 536 g/mol. The fraction of sp³-hybridized carbons (Fsp3) is 0.583. The summed E-state index contributed by atoms with van der Waals surface area (Å²) in [5, 5.41) is 10.1. The molecule has 1 N–H and O–H groups in total. The van der Waals surface area contributed by atoms with Crippen LogP contribution in [0.25, 0.3) is 11.3 Å². The second-order valence-electron chi connectivity index (χ2n) is 14.1. The quantitative estimate of drug-likeness (QED) is 0.305. The smallest absolute Gasteiger partial charge is 0.230 e. The Morgan fingerprint density at radius 1 is 1.02 bits per heavy atom. The van der Waals surface area contributed by atoms with Gasteiger partial charge in [-0.3, -0.25) is 4.79 Å². The summed E-state index contributed by atoms with van der Waals surface area (Å²) in [6.07, 6.45) is 16.0. The van der Waals surface area contributed by atoms with E-state index in [0.29, 0.717) is 30.6 Å². The van der Waals surface area contributed by atoms with Crippen LogP contribution in [-0.2, 0) is 10.2 Å². The van der Waals surface area contributed by atoms with Crippen molar-refractivity contribution >= 4 is 17.4 Å². The SMILES string of the molecule is CN(C)c1ccc(C23CCCC(C2)C(CN(C(=O)C2CCC(O)CC2)c2cccc(-c4coc(C5CC5)n4)c2)CC3)cn1. The number of aliphatic hydroxyl groups is 1. The summed E-state index contributed by atoms with van der Waals surface area (Å²) < 4.78 is 5.80. The number of oxazole rings is 1. The molecule has 4 aliphatic rings. The second kappa shape index (κ2) is 11.7. The van der Waals surface area contributed by atoms with Gasteiger partial charge in [-0.1, -0.05) is 31.0 Å². The van der Waals surface area contributed by atoms with Crippen molar-refractivity contribution in [3.8, 4) is 11.3 Å². The lowest BCUT2D eigenvalue weighted by molar-refractivity contribution is -0.124. The van der Waals surface area contributed by atoms with Crippen LogP contribution in [0.2, 0.25) is 0 Å². The van der Waals surface area contributed by atoms with Crippen molar-refractivity contribution in [3.05, 3.63) is 60.3 Å². The van der Waals surface area contributed by atoms with Crippen LogP contribution in [-0.4, -0.2) is 47.7 Å². The fourth-order valence-corrected chi connectivity index (χ4v) is 8.22. The number of nitrogens with zero attached hydrogens (tertiary/aromatic N) is 4. The van der Waals surface area contributed by atoms with E-state index in [9.17, 15) is 9.90 Å². The number of pyridine rings is 1. The Morgan fingerprint density at radius 3 is 2.60 bits per heavy atom. The zero-order valence-corrected chi connectivity index (χ0v) is 25.8. The lowest BCUT2D eigenvalue weighted by atomic mass is 9.56. The Bertz CT molecular complexity index is 1420. The first kappa shape index (κ1) is 28.6. The number of amides is 1. The number of hydrogen-bond acceptors (Lipinski definition) is 6. The van der Waals surface area contributed by atoms with E-state index < -0.39 is 0 Å². The fourth-order valence-electron chi connectivity index (χ4n) is 8.22. The van der Waals surface area contributed by atoms with Crippen LogP contribution in [0.4, 0.5) is 11.5 Å². The van der Waals surface area contributed by atoms with Gasteiger partial charge in [0.1, 0.15) is 17.8 Å². The van der Waals surface area contributed by atoms with Gasteiger partial charge in [0, 0.05) is 49.9 Å². The monoisotopic (exact) mass is 582 g/mol. The highest BCUT2D eigenvalue weighted by Gasteiger charge is 2.45. The van der Waals surface area contributed by atoms with E-state index in [1.807, 2.05) is 14.1 Å². The summed E-state index contributed by atoms with van der Waals surface area (Å²) in [5.41, 5.74) is 4.40. The Hall–Kier alpha value is -3.19. The van der Waals surface area contributed by atoms with Crippen LogP contribution < -0.4 is 9.80 Å². The molecule has 3 aromatic rings. The molecule has 0 radical (unpaired) electrons. The molecule has 228 valence electrons. The minimum absolute atomic E-state index is 0.0316. The molecule has 3 atom stereocenters. The van der Waals surface area contributed by atoms with E-state index in [1.165, 1.54) is 31.2 Å².